The fourth-order valence-corrected chi connectivity index (χ4v) is 5.48. The van der Waals surface area contributed by atoms with E-state index in [1.54, 1.807) is 42.6 Å². The van der Waals surface area contributed by atoms with Gasteiger partial charge in [-0.1, -0.05) is 18.2 Å². The third kappa shape index (κ3) is 4.80. The SMILES string of the molecule is Cc1cnc(Nc2cc(S(=O)(=O)c3ccccc3)cc(N[C@H]3CC[C@H](O)CC3)n2)s1. The molecule has 2 aromatic heterocycles. The molecule has 1 saturated carbocycles. The van der Waals surface area contributed by atoms with Gasteiger partial charge in [0, 0.05) is 23.2 Å². The van der Waals surface area contributed by atoms with Crippen molar-refractivity contribution in [2.75, 3.05) is 10.6 Å². The van der Waals surface area contributed by atoms with E-state index < -0.39 is 9.84 Å². The number of hydrogen-bond donors (Lipinski definition) is 3. The van der Waals surface area contributed by atoms with Gasteiger partial charge in [-0.25, -0.2) is 18.4 Å². The second-order valence-electron chi connectivity index (χ2n) is 7.44. The third-order valence-electron chi connectivity index (χ3n) is 5.07. The summed E-state index contributed by atoms with van der Waals surface area (Å²) in [6.07, 6.45) is 4.57. The fraction of sp³-hybridized carbons (Fsp3) is 0.333. The highest BCUT2D eigenvalue weighted by atomic mass is 32.2. The van der Waals surface area contributed by atoms with E-state index in [1.165, 1.54) is 17.4 Å². The molecule has 0 unspecified atom stereocenters. The lowest BCUT2D eigenvalue weighted by molar-refractivity contribution is 0.126. The van der Waals surface area contributed by atoms with Crippen molar-refractivity contribution in [2.45, 2.75) is 54.5 Å². The quantitative estimate of drug-likeness (QED) is 0.525. The number of rotatable bonds is 6. The molecule has 0 atom stereocenters. The Morgan fingerprint density at radius 2 is 1.73 bits per heavy atom. The number of aliphatic hydroxyl groups excluding tert-OH is 1. The first-order valence-electron chi connectivity index (χ1n) is 9.86. The first-order valence-corrected chi connectivity index (χ1v) is 12.2. The Morgan fingerprint density at radius 3 is 2.40 bits per heavy atom. The Kier molecular flexibility index (Phi) is 6.03. The van der Waals surface area contributed by atoms with Crippen LogP contribution >= 0.6 is 11.3 Å². The standard InChI is InChI=1S/C21H24N4O3S2/c1-14-13-22-21(29-14)25-20-12-18(30(27,28)17-5-3-2-4-6-17)11-19(24-20)23-15-7-9-16(26)10-8-15/h2-6,11-13,15-16,26H,7-10H2,1H3,(H2,22,23,24,25)/t15-,16-. The van der Waals surface area contributed by atoms with Crippen LogP contribution in [0, 0.1) is 6.92 Å². The number of nitrogens with zero attached hydrogens (tertiary/aromatic N) is 2. The highest BCUT2D eigenvalue weighted by molar-refractivity contribution is 7.91. The van der Waals surface area contributed by atoms with Gasteiger partial charge in [0.25, 0.3) is 0 Å². The molecule has 0 saturated heterocycles. The molecular formula is C21H24N4O3S2. The average molecular weight is 445 g/mol. The Balaban J connectivity index is 1.68. The molecular weight excluding hydrogens is 420 g/mol. The highest BCUT2D eigenvalue weighted by Gasteiger charge is 2.23. The van der Waals surface area contributed by atoms with E-state index in [4.69, 9.17) is 0 Å². The molecule has 0 aliphatic heterocycles. The maximum Gasteiger partial charge on any atom is 0.206 e. The molecule has 1 fully saturated rings. The minimum atomic E-state index is -3.70. The number of sulfone groups is 1. The van der Waals surface area contributed by atoms with Crippen LogP contribution in [0.4, 0.5) is 16.8 Å². The molecule has 7 nitrogen and oxygen atoms in total. The Morgan fingerprint density at radius 1 is 1.03 bits per heavy atom. The number of aliphatic hydroxyl groups is 1. The van der Waals surface area contributed by atoms with Crippen molar-refractivity contribution in [1.29, 1.82) is 0 Å². The third-order valence-corrected chi connectivity index (χ3v) is 7.64. The molecule has 3 aromatic rings. The zero-order valence-electron chi connectivity index (χ0n) is 16.6. The predicted octanol–water partition coefficient (Wildman–Crippen LogP) is 4.14. The van der Waals surface area contributed by atoms with Crippen molar-refractivity contribution >= 4 is 37.9 Å². The average Bonchev–Trinajstić information content (AvgIpc) is 3.15. The molecule has 0 amide bonds. The van der Waals surface area contributed by atoms with E-state index in [0.29, 0.717) is 16.8 Å². The van der Waals surface area contributed by atoms with Gasteiger partial charge in [-0.05, 0) is 50.8 Å². The monoisotopic (exact) mass is 444 g/mol. The van der Waals surface area contributed by atoms with Gasteiger partial charge in [0.15, 0.2) is 5.13 Å². The van der Waals surface area contributed by atoms with Crippen LogP contribution in [0.1, 0.15) is 30.6 Å². The molecule has 30 heavy (non-hydrogen) atoms. The van der Waals surface area contributed by atoms with Gasteiger partial charge in [0.2, 0.25) is 9.84 Å². The largest absolute Gasteiger partial charge is 0.393 e. The Bertz CT molecular complexity index is 1110. The highest BCUT2D eigenvalue weighted by Crippen LogP contribution is 2.29. The van der Waals surface area contributed by atoms with Crippen LogP contribution in [0.15, 0.2) is 58.5 Å². The fourth-order valence-electron chi connectivity index (χ4n) is 3.49. The number of hydrogen-bond acceptors (Lipinski definition) is 8. The first kappa shape index (κ1) is 20.8. The lowest BCUT2D eigenvalue weighted by Gasteiger charge is -2.26. The van der Waals surface area contributed by atoms with Gasteiger partial charge in [0.1, 0.15) is 11.6 Å². The molecule has 1 aromatic carbocycles. The summed E-state index contributed by atoms with van der Waals surface area (Å²) in [6, 6.07) is 11.6. The molecule has 1 aliphatic carbocycles. The normalized spacial score (nSPS) is 19.4. The summed E-state index contributed by atoms with van der Waals surface area (Å²) in [5.74, 6) is 0.906. The zero-order valence-corrected chi connectivity index (χ0v) is 18.2. The number of aromatic nitrogens is 2. The summed E-state index contributed by atoms with van der Waals surface area (Å²) < 4.78 is 26.4. The van der Waals surface area contributed by atoms with Crippen LogP contribution in [0.3, 0.4) is 0 Å². The number of anilines is 3. The minimum Gasteiger partial charge on any atom is -0.393 e. The Labute approximate surface area is 180 Å². The Hall–Kier alpha value is -2.49. The second-order valence-corrected chi connectivity index (χ2v) is 10.6. The van der Waals surface area contributed by atoms with Gasteiger partial charge in [-0.15, -0.1) is 11.3 Å². The van der Waals surface area contributed by atoms with E-state index in [2.05, 4.69) is 20.6 Å². The number of benzene rings is 1. The summed E-state index contributed by atoms with van der Waals surface area (Å²) in [7, 11) is -3.70. The topological polar surface area (TPSA) is 104 Å². The zero-order chi connectivity index (χ0) is 21.1. The second kappa shape index (κ2) is 8.71. The summed E-state index contributed by atoms with van der Waals surface area (Å²) in [5, 5.41) is 16.9. The smallest absolute Gasteiger partial charge is 0.206 e. The van der Waals surface area contributed by atoms with Crippen LogP contribution in [-0.4, -0.2) is 35.6 Å². The van der Waals surface area contributed by atoms with Crippen molar-refractivity contribution in [1.82, 2.24) is 9.97 Å². The summed E-state index contributed by atoms with van der Waals surface area (Å²) in [5.41, 5.74) is 0. The number of pyridine rings is 1. The van der Waals surface area contributed by atoms with Crippen molar-refractivity contribution in [3.63, 3.8) is 0 Å². The molecule has 9 heteroatoms. The van der Waals surface area contributed by atoms with E-state index in [1.807, 2.05) is 6.92 Å². The van der Waals surface area contributed by atoms with Crippen LogP contribution in [0.2, 0.25) is 0 Å². The van der Waals surface area contributed by atoms with Crippen molar-refractivity contribution in [3.8, 4) is 0 Å². The first-order chi connectivity index (χ1) is 14.4. The lowest BCUT2D eigenvalue weighted by atomic mass is 9.93. The van der Waals surface area contributed by atoms with Gasteiger partial charge >= 0.3 is 0 Å². The van der Waals surface area contributed by atoms with Gasteiger partial charge < -0.3 is 15.7 Å². The molecule has 3 N–H and O–H groups in total. The van der Waals surface area contributed by atoms with Crippen molar-refractivity contribution in [2.24, 2.45) is 0 Å². The van der Waals surface area contributed by atoms with Gasteiger partial charge in [0.05, 0.1) is 15.9 Å². The van der Waals surface area contributed by atoms with Gasteiger partial charge in [-0.2, -0.15) is 0 Å². The van der Waals surface area contributed by atoms with Crippen LogP contribution in [0.5, 0.6) is 0 Å². The molecule has 0 bridgehead atoms. The van der Waals surface area contributed by atoms with Crippen LogP contribution in [-0.2, 0) is 9.84 Å². The minimum absolute atomic E-state index is 0.144. The maximum absolute atomic E-state index is 13.2. The molecule has 4 rings (SSSR count). The molecule has 2 heterocycles. The summed E-state index contributed by atoms with van der Waals surface area (Å²) in [4.78, 5) is 10.3. The molecule has 0 spiro atoms. The number of aryl methyl sites for hydroxylation is 1. The molecule has 1 aliphatic rings. The van der Waals surface area contributed by atoms with Gasteiger partial charge in [-0.3, -0.25) is 0 Å². The predicted molar refractivity (Wildman–Crippen MR) is 118 cm³/mol. The van der Waals surface area contributed by atoms with Crippen LogP contribution in [0.25, 0.3) is 0 Å². The molecule has 0 radical (unpaired) electrons. The maximum atomic E-state index is 13.2. The van der Waals surface area contributed by atoms with Crippen molar-refractivity contribution < 1.29 is 13.5 Å². The lowest BCUT2D eigenvalue weighted by Crippen LogP contribution is -2.28. The summed E-state index contributed by atoms with van der Waals surface area (Å²) >= 11 is 1.47. The van der Waals surface area contributed by atoms with Crippen LogP contribution < -0.4 is 10.6 Å². The summed E-state index contributed by atoms with van der Waals surface area (Å²) in [6.45, 7) is 1.96. The van der Waals surface area contributed by atoms with E-state index in [-0.39, 0.29) is 21.9 Å². The number of thiazole rings is 1. The van der Waals surface area contributed by atoms with E-state index in [9.17, 15) is 13.5 Å². The molecule has 158 valence electrons. The van der Waals surface area contributed by atoms with E-state index in [0.717, 1.165) is 30.6 Å². The number of nitrogens with one attached hydrogen (secondary N) is 2. The van der Waals surface area contributed by atoms with E-state index >= 15 is 0 Å². The van der Waals surface area contributed by atoms with Crippen molar-refractivity contribution in [3.05, 3.63) is 53.5 Å².